The molecule has 2 amide bonds. The maximum atomic E-state index is 12.9. The van der Waals surface area contributed by atoms with Crippen LogP contribution in [0.2, 0.25) is 0 Å². The van der Waals surface area contributed by atoms with E-state index >= 15 is 0 Å². The highest BCUT2D eigenvalue weighted by Gasteiger charge is 2.34. The summed E-state index contributed by atoms with van der Waals surface area (Å²) in [7, 11) is 0. The van der Waals surface area contributed by atoms with Gasteiger partial charge in [-0.2, -0.15) is 13.2 Å². The van der Waals surface area contributed by atoms with Crippen molar-refractivity contribution in [2.24, 2.45) is 0 Å². The number of nitrogens with zero attached hydrogens (tertiary/aromatic N) is 2. The molecular weight excluding hydrogens is 365 g/mol. The maximum absolute atomic E-state index is 12.9. The number of halogens is 3. The van der Waals surface area contributed by atoms with Crippen molar-refractivity contribution in [1.82, 2.24) is 9.47 Å². The van der Waals surface area contributed by atoms with Crippen LogP contribution in [0.1, 0.15) is 11.3 Å². The van der Waals surface area contributed by atoms with Crippen molar-refractivity contribution < 1.29 is 22.8 Å². The molecule has 0 aliphatic carbocycles. The quantitative estimate of drug-likeness (QED) is 0.571. The number of thioether (sulfide) groups is 1. The molecule has 0 radical (unpaired) electrons. The van der Waals surface area contributed by atoms with Crippen molar-refractivity contribution in [2.75, 3.05) is 6.54 Å². The number of alkyl halides is 3. The average Bonchev–Trinajstić information content (AvgIpc) is 3.15. The molecule has 1 saturated heterocycles. The zero-order valence-electron chi connectivity index (χ0n) is 13.4. The van der Waals surface area contributed by atoms with E-state index in [9.17, 15) is 22.8 Å². The Hall–Kier alpha value is -2.74. The largest absolute Gasteiger partial charge is 0.416 e. The van der Waals surface area contributed by atoms with Gasteiger partial charge in [-0.25, -0.2) is 0 Å². The standard InChI is InChI=1S/C18H13F3N2O2S/c1-2-8-23-16(24)15(26-17(23)25)11-14-7-4-9-22(14)13-6-3-5-12(10-13)18(19,20)21/h2-7,9-11H,1,8H2/b15-11+. The molecule has 0 spiro atoms. The Kier molecular flexibility index (Phi) is 4.78. The van der Waals surface area contributed by atoms with E-state index in [1.165, 1.54) is 28.9 Å². The van der Waals surface area contributed by atoms with Gasteiger partial charge in [0.1, 0.15) is 0 Å². The fourth-order valence-electron chi connectivity index (χ4n) is 2.50. The molecule has 26 heavy (non-hydrogen) atoms. The van der Waals surface area contributed by atoms with Crippen LogP contribution in [-0.4, -0.2) is 27.2 Å². The van der Waals surface area contributed by atoms with E-state index in [-0.39, 0.29) is 11.4 Å². The number of carbonyl (C=O) groups is 2. The van der Waals surface area contributed by atoms with Crippen molar-refractivity contribution in [3.63, 3.8) is 0 Å². The van der Waals surface area contributed by atoms with Crippen LogP contribution in [0.25, 0.3) is 11.8 Å². The molecule has 0 N–H and O–H groups in total. The smallest absolute Gasteiger partial charge is 0.317 e. The first-order chi connectivity index (χ1) is 12.3. The van der Waals surface area contributed by atoms with Gasteiger partial charge in [0.05, 0.1) is 10.5 Å². The lowest BCUT2D eigenvalue weighted by Crippen LogP contribution is -2.27. The minimum Gasteiger partial charge on any atom is -0.317 e. The zero-order valence-corrected chi connectivity index (χ0v) is 14.2. The third kappa shape index (κ3) is 3.45. The number of hydrogen-bond donors (Lipinski definition) is 0. The van der Waals surface area contributed by atoms with E-state index < -0.39 is 22.9 Å². The molecule has 134 valence electrons. The molecule has 1 aliphatic rings. The lowest BCUT2D eigenvalue weighted by molar-refractivity contribution is -0.137. The second kappa shape index (κ2) is 6.87. The number of aromatic nitrogens is 1. The van der Waals surface area contributed by atoms with Gasteiger partial charge >= 0.3 is 6.18 Å². The number of hydrogen-bond acceptors (Lipinski definition) is 3. The van der Waals surface area contributed by atoms with E-state index in [1.807, 2.05) is 0 Å². The van der Waals surface area contributed by atoms with Gasteiger partial charge in [0, 0.05) is 24.1 Å². The van der Waals surface area contributed by atoms with Gasteiger partial charge in [-0.15, -0.1) is 6.58 Å². The van der Waals surface area contributed by atoms with Crippen LogP contribution < -0.4 is 0 Å². The van der Waals surface area contributed by atoms with E-state index in [2.05, 4.69) is 6.58 Å². The monoisotopic (exact) mass is 378 g/mol. The van der Waals surface area contributed by atoms with E-state index in [4.69, 9.17) is 0 Å². The Morgan fingerprint density at radius 2 is 1.92 bits per heavy atom. The molecule has 3 rings (SSSR count). The summed E-state index contributed by atoms with van der Waals surface area (Å²) >= 11 is 0.789. The average molecular weight is 378 g/mol. The summed E-state index contributed by atoms with van der Waals surface area (Å²) in [6.07, 6.45) is 0.0882. The number of imide groups is 1. The van der Waals surface area contributed by atoms with E-state index in [0.717, 1.165) is 28.8 Å². The highest BCUT2D eigenvalue weighted by molar-refractivity contribution is 8.18. The Bertz CT molecular complexity index is 915. The number of rotatable bonds is 4. The van der Waals surface area contributed by atoms with Crippen molar-refractivity contribution in [1.29, 1.82) is 0 Å². The van der Waals surface area contributed by atoms with Crippen LogP contribution in [0.4, 0.5) is 18.0 Å². The fraction of sp³-hybridized carbons (Fsp3) is 0.111. The summed E-state index contributed by atoms with van der Waals surface area (Å²) in [5.74, 6) is -0.448. The zero-order chi connectivity index (χ0) is 18.9. The SMILES string of the molecule is C=CCN1C(=O)S/C(=C/c2cccn2-c2cccc(C(F)(F)F)c2)C1=O. The minimum absolute atomic E-state index is 0.108. The lowest BCUT2D eigenvalue weighted by Gasteiger charge is -2.11. The molecule has 1 aliphatic heterocycles. The molecular formula is C18H13F3N2O2S. The number of amides is 2. The van der Waals surface area contributed by atoms with Crippen LogP contribution in [0, 0.1) is 0 Å². The van der Waals surface area contributed by atoms with Crippen molar-refractivity contribution in [2.45, 2.75) is 6.18 Å². The molecule has 4 nitrogen and oxygen atoms in total. The van der Waals surface area contributed by atoms with Gasteiger partial charge < -0.3 is 4.57 Å². The first-order valence-corrected chi connectivity index (χ1v) is 8.34. The van der Waals surface area contributed by atoms with Crippen molar-refractivity contribution in [3.8, 4) is 5.69 Å². The fourth-order valence-corrected chi connectivity index (χ4v) is 3.33. The molecule has 0 saturated carbocycles. The Morgan fingerprint density at radius 3 is 2.62 bits per heavy atom. The molecule has 8 heteroatoms. The van der Waals surface area contributed by atoms with Gasteiger partial charge in [-0.3, -0.25) is 14.5 Å². The third-order valence-electron chi connectivity index (χ3n) is 3.70. The summed E-state index contributed by atoms with van der Waals surface area (Å²) in [4.78, 5) is 25.4. The predicted octanol–water partition coefficient (Wildman–Crippen LogP) is 4.72. The normalized spacial score (nSPS) is 16.6. The molecule has 1 aromatic carbocycles. The molecule has 0 bridgehead atoms. The van der Waals surface area contributed by atoms with Crippen molar-refractivity contribution in [3.05, 3.63) is 71.4 Å². The molecule has 2 heterocycles. The van der Waals surface area contributed by atoms with Gasteiger partial charge in [0.2, 0.25) is 0 Å². The van der Waals surface area contributed by atoms with Crippen LogP contribution >= 0.6 is 11.8 Å². The Balaban J connectivity index is 1.97. The first kappa shape index (κ1) is 18.1. The van der Waals surface area contributed by atoms with Gasteiger partial charge in [-0.1, -0.05) is 12.1 Å². The minimum atomic E-state index is -4.45. The van der Waals surface area contributed by atoms with E-state index in [0.29, 0.717) is 11.4 Å². The summed E-state index contributed by atoms with van der Waals surface area (Å²) in [6, 6.07) is 8.19. The van der Waals surface area contributed by atoms with Gasteiger partial charge in [0.25, 0.3) is 11.1 Å². The van der Waals surface area contributed by atoms with Crippen LogP contribution in [0.3, 0.4) is 0 Å². The second-order valence-electron chi connectivity index (χ2n) is 5.43. The highest BCUT2D eigenvalue weighted by Crippen LogP contribution is 2.33. The van der Waals surface area contributed by atoms with Crippen LogP contribution in [0.5, 0.6) is 0 Å². The summed E-state index contributed by atoms with van der Waals surface area (Å²) < 4.78 is 40.3. The maximum Gasteiger partial charge on any atom is 0.416 e. The second-order valence-corrected chi connectivity index (χ2v) is 6.43. The number of benzene rings is 1. The molecule has 1 fully saturated rings. The van der Waals surface area contributed by atoms with Crippen molar-refractivity contribution >= 4 is 29.0 Å². The number of carbonyl (C=O) groups excluding carboxylic acids is 2. The summed E-state index contributed by atoms with van der Waals surface area (Å²) in [6.45, 7) is 3.61. The molecule has 0 atom stereocenters. The Morgan fingerprint density at radius 1 is 1.15 bits per heavy atom. The first-order valence-electron chi connectivity index (χ1n) is 7.52. The van der Waals surface area contributed by atoms with Crippen LogP contribution in [0.15, 0.2) is 60.2 Å². The summed E-state index contributed by atoms with van der Waals surface area (Å²) in [5, 5.41) is -0.404. The third-order valence-corrected chi connectivity index (χ3v) is 4.60. The van der Waals surface area contributed by atoms with Gasteiger partial charge in [0.15, 0.2) is 0 Å². The predicted molar refractivity (Wildman–Crippen MR) is 93.6 cm³/mol. The summed E-state index contributed by atoms with van der Waals surface area (Å²) in [5.41, 5.74) is 0.0378. The molecule has 1 aromatic heterocycles. The van der Waals surface area contributed by atoms with Crippen LogP contribution in [-0.2, 0) is 11.0 Å². The Labute approximate surface area is 151 Å². The molecule has 2 aromatic rings. The topological polar surface area (TPSA) is 42.3 Å². The van der Waals surface area contributed by atoms with Gasteiger partial charge in [-0.05, 0) is 48.2 Å². The molecule has 0 unspecified atom stereocenters. The highest BCUT2D eigenvalue weighted by atomic mass is 32.2. The van der Waals surface area contributed by atoms with E-state index in [1.54, 1.807) is 18.3 Å². The lowest BCUT2D eigenvalue weighted by atomic mass is 10.2.